The van der Waals surface area contributed by atoms with E-state index < -0.39 is 5.60 Å². The van der Waals surface area contributed by atoms with Crippen LogP contribution in [0, 0.1) is 23.6 Å². The van der Waals surface area contributed by atoms with Crippen LogP contribution in [0.3, 0.4) is 0 Å². The first-order valence-electron chi connectivity index (χ1n) is 9.54. The zero-order valence-electron chi connectivity index (χ0n) is 14.3. The van der Waals surface area contributed by atoms with Gasteiger partial charge in [0.05, 0.1) is 5.60 Å². The molecule has 0 radical (unpaired) electrons. The molecule has 0 spiro atoms. The molecule has 2 aliphatic carbocycles. The summed E-state index contributed by atoms with van der Waals surface area (Å²) in [7, 11) is 0. The van der Waals surface area contributed by atoms with Gasteiger partial charge in [0, 0.05) is 6.54 Å². The van der Waals surface area contributed by atoms with Gasteiger partial charge in [-0.25, -0.2) is 4.39 Å². The molecule has 4 rings (SSSR count). The first-order valence-corrected chi connectivity index (χ1v) is 9.54. The standard InChI is InChI=1S/C21H28FNO/c22-19-8-6-18(7-9-19)21(24,10-13-23-11-2-1-3-12-23)20-15-16-4-5-17(20)14-16/h4-9,16-17,20,24H,1-3,10-15H2. The molecule has 1 saturated heterocycles. The third-order valence-corrected chi connectivity index (χ3v) is 6.49. The number of halogens is 1. The zero-order valence-corrected chi connectivity index (χ0v) is 14.3. The Kier molecular flexibility index (Phi) is 4.48. The van der Waals surface area contributed by atoms with Gasteiger partial charge in [0.2, 0.25) is 0 Å². The maximum atomic E-state index is 13.4. The monoisotopic (exact) mass is 329 g/mol. The minimum absolute atomic E-state index is 0.232. The molecule has 24 heavy (non-hydrogen) atoms. The Morgan fingerprint density at radius 2 is 1.79 bits per heavy atom. The van der Waals surface area contributed by atoms with Crippen molar-refractivity contribution >= 4 is 0 Å². The predicted octanol–water partition coefficient (Wildman–Crippen LogP) is 4.10. The van der Waals surface area contributed by atoms with Crippen LogP contribution >= 0.6 is 0 Å². The van der Waals surface area contributed by atoms with Gasteiger partial charge in [-0.15, -0.1) is 0 Å². The van der Waals surface area contributed by atoms with E-state index in [0.717, 1.165) is 38.0 Å². The van der Waals surface area contributed by atoms with E-state index in [2.05, 4.69) is 17.1 Å². The Morgan fingerprint density at radius 1 is 1.04 bits per heavy atom. The van der Waals surface area contributed by atoms with Crippen molar-refractivity contribution in [1.29, 1.82) is 0 Å². The SMILES string of the molecule is OC(CCN1CCCCC1)(c1ccc(F)cc1)C1CC2C=CC1C2. The van der Waals surface area contributed by atoms with Gasteiger partial charge in [-0.05, 0) is 80.6 Å². The van der Waals surface area contributed by atoms with E-state index in [1.165, 1.54) is 37.8 Å². The largest absolute Gasteiger partial charge is 0.385 e. The van der Waals surface area contributed by atoms with Crippen LogP contribution in [0.1, 0.15) is 44.1 Å². The molecule has 2 bridgehead atoms. The first kappa shape index (κ1) is 16.3. The van der Waals surface area contributed by atoms with E-state index in [9.17, 15) is 9.50 Å². The molecule has 1 aliphatic heterocycles. The summed E-state index contributed by atoms with van der Waals surface area (Å²) >= 11 is 0. The van der Waals surface area contributed by atoms with Crippen molar-refractivity contribution in [3.05, 3.63) is 47.8 Å². The molecule has 1 saturated carbocycles. The van der Waals surface area contributed by atoms with E-state index in [4.69, 9.17) is 0 Å². The quantitative estimate of drug-likeness (QED) is 0.822. The topological polar surface area (TPSA) is 23.5 Å². The van der Waals surface area contributed by atoms with Gasteiger partial charge in [-0.1, -0.05) is 30.7 Å². The average Bonchev–Trinajstić information content (AvgIpc) is 3.25. The van der Waals surface area contributed by atoms with E-state index in [-0.39, 0.29) is 11.7 Å². The van der Waals surface area contributed by atoms with Gasteiger partial charge in [-0.2, -0.15) is 0 Å². The Balaban J connectivity index is 1.56. The van der Waals surface area contributed by atoms with Gasteiger partial charge in [0.1, 0.15) is 5.82 Å². The number of aliphatic hydroxyl groups is 1. The highest BCUT2D eigenvalue weighted by Gasteiger charge is 2.48. The zero-order chi connectivity index (χ0) is 16.6. The molecular weight excluding hydrogens is 301 g/mol. The smallest absolute Gasteiger partial charge is 0.123 e. The number of piperidine rings is 1. The van der Waals surface area contributed by atoms with Crippen LogP contribution in [-0.4, -0.2) is 29.6 Å². The molecule has 4 unspecified atom stereocenters. The van der Waals surface area contributed by atoms with Crippen LogP contribution in [0.25, 0.3) is 0 Å². The van der Waals surface area contributed by atoms with Crippen LogP contribution in [0.5, 0.6) is 0 Å². The molecule has 1 heterocycles. The highest BCUT2D eigenvalue weighted by molar-refractivity contribution is 5.27. The summed E-state index contributed by atoms with van der Waals surface area (Å²) < 4.78 is 13.4. The molecule has 1 aromatic carbocycles. The van der Waals surface area contributed by atoms with Crippen molar-refractivity contribution in [1.82, 2.24) is 4.90 Å². The molecule has 3 aliphatic rings. The van der Waals surface area contributed by atoms with Gasteiger partial charge in [0.15, 0.2) is 0 Å². The minimum atomic E-state index is -0.838. The molecule has 0 amide bonds. The van der Waals surface area contributed by atoms with Crippen LogP contribution in [0.4, 0.5) is 4.39 Å². The van der Waals surface area contributed by atoms with Crippen LogP contribution < -0.4 is 0 Å². The maximum absolute atomic E-state index is 13.4. The Morgan fingerprint density at radius 3 is 2.42 bits per heavy atom. The van der Waals surface area contributed by atoms with E-state index in [1.807, 2.05) is 0 Å². The molecule has 4 atom stereocenters. The summed E-state index contributed by atoms with van der Waals surface area (Å²) in [5.74, 6) is 1.14. The predicted molar refractivity (Wildman–Crippen MR) is 94.0 cm³/mol. The van der Waals surface area contributed by atoms with E-state index >= 15 is 0 Å². The van der Waals surface area contributed by atoms with Crippen molar-refractivity contribution < 1.29 is 9.50 Å². The second kappa shape index (κ2) is 6.61. The summed E-state index contributed by atoms with van der Waals surface area (Å²) in [6.45, 7) is 3.23. The average molecular weight is 329 g/mol. The lowest BCUT2D eigenvalue weighted by atomic mass is 9.72. The van der Waals surface area contributed by atoms with Crippen LogP contribution in [-0.2, 0) is 5.60 Å². The first-order chi connectivity index (χ1) is 11.6. The van der Waals surface area contributed by atoms with Crippen molar-refractivity contribution in [2.75, 3.05) is 19.6 Å². The van der Waals surface area contributed by atoms with Crippen molar-refractivity contribution in [3.63, 3.8) is 0 Å². The number of nitrogens with zero attached hydrogens (tertiary/aromatic N) is 1. The fourth-order valence-corrected chi connectivity index (χ4v) is 5.12. The van der Waals surface area contributed by atoms with Crippen molar-refractivity contribution in [3.8, 4) is 0 Å². The number of hydrogen-bond acceptors (Lipinski definition) is 2. The summed E-state index contributed by atoms with van der Waals surface area (Å²) in [6, 6.07) is 6.57. The lowest BCUT2D eigenvalue weighted by Gasteiger charge is -2.40. The van der Waals surface area contributed by atoms with E-state index in [0.29, 0.717) is 11.8 Å². The molecular formula is C21H28FNO. The van der Waals surface area contributed by atoms with Crippen molar-refractivity contribution in [2.24, 2.45) is 17.8 Å². The third-order valence-electron chi connectivity index (χ3n) is 6.49. The second-order valence-electron chi connectivity index (χ2n) is 7.97. The number of likely N-dealkylation sites (tertiary alicyclic amines) is 1. The Labute approximate surface area is 144 Å². The number of allylic oxidation sites excluding steroid dienone is 2. The molecule has 2 nitrogen and oxygen atoms in total. The number of hydrogen-bond donors (Lipinski definition) is 1. The van der Waals surface area contributed by atoms with Gasteiger partial charge < -0.3 is 10.0 Å². The normalized spacial score (nSPS) is 32.2. The van der Waals surface area contributed by atoms with Crippen molar-refractivity contribution in [2.45, 2.75) is 44.1 Å². The van der Waals surface area contributed by atoms with Crippen LogP contribution in [0.2, 0.25) is 0 Å². The molecule has 130 valence electrons. The number of fused-ring (bicyclic) bond motifs is 2. The fourth-order valence-electron chi connectivity index (χ4n) is 5.12. The Bertz CT molecular complexity index is 592. The molecule has 2 fully saturated rings. The van der Waals surface area contributed by atoms with E-state index in [1.54, 1.807) is 12.1 Å². The molecule has 3 heteroatoms. The molecule has 1 N–H and O–H groups in total. The lowest BCUT2D eigenvalue weighted by Crippen LogP contribution is -2.42. The molecule has 1 aromatic rings. The minimum Gasteiger partial charge on any atom is -0.385 e. The number of rotatable bonds is 5. The summed E-state index contributed by atoms with van der Waals surface area (Å²) in [5, 5.41) is 11.7. The summed E-state index contributed by atoms with van der Waals surface area (Å²) in [6.07, 6.45) is 11.5. The van der Waals surface area contributed by atoms with Gasteiger partial charge in [0.25, 0.3) is 0 Å². The highest BCUT2D eigenvalue weighted by Crippen LogP contribution is 2.52. The lowest BCUT2D eigenvalue weighted by molar-refractivity contribution is -0.0496. The number of benzene rings is 1. The van der Waals surface area contributed by atoms with Crippen LogP contribution in [0.15, 0.2) is 36.4 Å². The highest BCUT2D eigenvalue weighted by atomic mass is 19.1. The maximum Gasteiger partial charge on any atom is 0.123 e. The van der Waals surface area contributed by atoms with Gasteiger partial charge >= 0.3 is 0 Å². The second-order valence-corrected chi connectivity index (χ2v) is 7.97. The molecule has 0 aromatic heterocycles. The fraction of sp³-hybridized carbons (Fsp3) is 0.619. The Hall–Kier alpha value is -1.19. The third kappa shape index (κ3) is 3.04. The summed E-state index contributed by atoms with van der Waals surface area (Å²) in [4.78, 5) is 2.49. The summed E-state index contributed by atoms with van der Waals surface area (Å²) in [5.41, 5.74) is 0.0573. The van der Waals surface area contributed by atoms with Gasteiger partial charge in [-0.3, -0.25) is 0 Å².